The van der Waals surface area contributed by atoms with Gasteiger partial charge in [0.2, 0.25) is 0 Å². The van der Waals surface area contributed by atoms with Crippen LogP contribution >= 0.6 is 0 Å². The molecule has 0 heterocycles. The van der Waals surface area contributed by atoms with Crippen molar-refractivity contribution >= 4 is 0 Å². The Labute approximate surface area is 122 Å². The van der Waals surface area contributed by atoms with Crippen molar-refractivity contribution in [3.63, 3.8) is 0 Å². The van der Waals surface area contributed by atoms with Gasteiger partial charge in [-0.2, -0.15) is 0 Å². The fourth-order valence-corrected chi connectivity index (χ4v) is 2.38. The highest BCUT2D eigenvalue weighted by Crippen LogP contribution is 2.33. The van der Waals surface area contributed by atoms with E-state index in [1.54, 1.807) is 21.3 Å². The zero-order chi connectivity index (χ0) is 15.0. The minimum absolute atomic E-state index is 0.287. The molecule has 0 saturated carbocycles. The maximum absolute atomic E-state index is 5.39. The molecular formula is C16H27NO3. The summed E-state index contributed by atoms with van der Waals surface area (Å²) in [6, 6.07) is 6.39. The third kappa shape index (κ3) is 4.39. The molecule has 0 spiro atoms. The molecule has 0 aliphatic carbocycles. The second-order valence-corrected chi connectivity index (χ2v) is 4.91. The molecule has 0 radical (unpaired) electrons. The van der Waals surface area contributed by atoms with Crippen LogP contribution in [-0.4, -0.2) is 34.5 Å². The van der Waals surface area contributed by atoms with Gasteiger partial charge in [0, 0.05) is 19.8 Å². The highest BCUT2D eigenvalue weighted by Gasteiger charge is 2.19. The van der Waals surface area contributed by atoms with E-state index < -0.39 is 0 Å². The molecule has 0 bridgehead atoms. The second-order valence-electron chi connectivity index (χ2n) is 4.91. The molecule has 0 saturated heterocycles. The van der Waals surface area contributed by atoms with Gasteiger partial charge in [-0.1, -0.05) is 19.9 Å². The summed E-state index contributed by atoms with van der Waals surface area (Å²) in [5, 5.41) is 3.54. The van der Waals surface area contributed by atoms with Crippen LogP contribution in [0.25, 0.3) is 0 Å². The summed E-state index contributed by atoms with van der Waals surface area (Å²) in [5.74, 6) is 2.01. The summed E-state index contributed by atoms with van der Waals surface area (Å²) < 4.78 is 15.9. The summed E-state index contributed by atoms with van der Waals surface area (Å²) in [6.07, 6.45) is 1.02. The first-order chi connectivity index (χ1) is 9.67. The van der Waals surface area contributed by atoms with Crippen molar-refractivity contribution in [2.45, 2.75) is 26.3 Å². The molecule has 1 rings (SSSR count). The number of hydrogen-bond acceptors (Lipinski definition) is 4. The minimum Gasteiger partial charge on any atom is -0.493 e. The van der Waals surface area contributed by atoms with Crippen molar-refractivity contribution in [1.29, 1.82) is 0 Å². The quantitative estimate of drug-likeness (QED) is 0.755. The first kappa shape index (κ1) is 16.8. The summed E-state index contributed by atoms with van der Waals surface area (Å²) in [5.41, 5.74) is 1.22. The van der Waals surface area contributed by atoms with Crippen molar-refractivity contribution in [1.82, 2.24) is 5.32 Å². The van der Waals surface area contributed by atoms with Gasteiger partial charge in [0.05, 0.1) is 14.2 Å². The predicted octanol–water partition coefficient (Wildman–Crippen LogP) is 3.03. The van der Waals surface area contributed by atoms with Crippen LogP contribution < -0.4 is 14.8 Å². The molecule has 4 heteroatoms. The largest absolute Gasteiger partial charge is 0.493 e. The number of methoxy groups -OCH3 is 3. The molecule has 0 amide bonds. The highest BCUT2D eigenvalue weighted by molar-refractivity contribution is 5.43. The summed E-state index contributed by atoms with van der Waals surface area (Å²) >= 11 is 0. The lowest BCUT2D eigenvalue weighted by Crippen LogP contribution is -2.27. The van der Waals surface area contributed by atoms with Gasteiger partial charge in [-0.05, 0) is 36.6 Å². The van der Waals surface area contributed by atoms with Crippen LogP contribution in [0, 0.1) is 5.92 Å². The standard InChI is InChI=1S/C16H27NO3/c1-6-17-16(12(2)9-10-18-3)13-7-8-14(19-4)15(11-13)20-5/h7-8,11-12,16-17H,6,9-10H2,1-5H3. The van der Waals surface area contributed by atoms with E-state index in [1.165, 1.54) is 5.56 Å². The zero-order valence-corrected chi connectivity index (χ0v) is 13.2. The van der Waals surface area contributed by atoms with Crippen LogP contribution in [0.2, 0.25) is 0 Å². The predicted molar refractivity (Wildman–Crippen MR) is 81.6 cm³/mol. The third-order valence-electron chi connectivity index (χ3n) is 3.54. The van der Waals surface area contributed by atoms with Crippen molar-refractivity contribution in [3.8, 4) is 11.5 Å². The van der Waals surface area contributed by atoms with E-state index in [0.717, 1.165) is 31.1 Å². The lowest BCUT2D eigenvalue weighted by molar-refractivity contribution is 0.170. The fourth-order valence-electron chi connectivity index (χ4n) is 2.38. The Morgan fingerprint density at radius 2 is 1.80 bits per heavy atom. The summed E-state index contributed by atoms with van der Waals surface area (Å²) in [6.45, 7) is 6.06. The molecule has 114 valence electrons. The van der Waals surface area contributed by atoms with Crippen LogP contribution in [0.15, 0.2) is 18.2 Å². The van der Waals surface area contributed by atoms with Crippen LogP contribution in [0.5, 0.6) is 11.5 Å². The number of rotatable bonds is 9. The average molecular weight is 281 g/mol. The van der Waals surface area contributed by atoms with Crippen LogP contribution in [0.4, 0.5) is 0 Å². The normalized spacial score (nSPS) is 13.8. The van der Waals surface area contributed by atoms with E-state index in [4.69, 9.17) is 14.2 Å². The molecule has 4 nitrogen and oxygen atoms in total. The van der Waals surface area contributed by atoms with E-state index in [0.29, 0.717) is 5.92 Å². The van der Waals surface area contributed by atoms with Gasteiger partial charge in [0.1, 0.15) is 0 Å². The van der Waals surface area contributed by atoms with Gasteiger partial charge >= 0.3 is 0 Å². The first-order valence-corrected chi connectivity index (χ1v) is 7.12. The molecule has 0 fully saturated rings. The molecule has 0 aliphatic rings. The number of hydrogen-bond donors (Lipinski definition) is 1. The van der Waals surface area contributed by atoms with E-state index in [1.807, 2.05) is 6.07 Å². The monoisotopic (exact) mass is 281 g/mol. The Balaban J connectivity index is 2.95. The van der Waals surface area contributed by atoms with Crippen molar-refractivity contribution < 1.29 is 14.2 Å². The van der Waals surface area contributed by atoms with Crippen molar-refractivity contribution in [3.05, 3.63) is 23.8 Å². The van der Waals surface area contributed by atoms with Crippen LogP contribution in [0.1, 0.15) is 31.9 Å². The zero-order valence-electron chi connectivity index (χ0n) is 13.2. The smallest absolute Gasteiger partial charge is 0.161 e. The molecule has 20 heavy (non-hydrogen) atoms. The average Bonchev–Trinajstić information content (AvgIpc) is 2.49. The molecule has 2 atom stereocenters. The number of benzene rings is 1. The Morgan fingerprint density at radius 3 is 2.35 bits per heavy atom. The number of ether oxygens (including phenoxy) is 3. The van der Waals surface area contributed by atoms with E-state index in [-0.39, 0.29) is 6.04 Å². The Morgan fingerprint density at radius 1 is 1.10 bits per heavy atom. The molecule has 2 unspecified atom stereocenters. The van der Waals surface area contributed by atoms with Crippen LogP contribution in [-0.2, 0) is 4.74 Å². The van der Waals surface area contributed by atoms with E-state index in [9.17, 15) is 0 Å². The molecule has 1 aromatic carbocycles. The molecule has 1 N–H and O–H groups in total. The van der Waals surface area contributed by atoms with Crippen molar-refractivity contribution in [2.24, 2.45) is 5.92 Å². The van der Waals surface area contributed by atoms with Crippen molar-refractivity contribution in [2.75, 3.05) is 34.5 Å². The maximum Gasteiger partial charge on any atom is 0.161 e. The first-order valence-electron chi connectivity index (χ1n) is 7.12. The van der Waals surface area contributed by atoms with Crippen LogP contribution in [0.3, 0.4) is 0 Å². The molecule has 0 aromatic heterocycles. The molecule has 1 aromatic rings. The topological polar surface area (TPSA) is 39.7 Å². The van der Waals surface area contributed by atoms with Gasteiger partial charge in [-0.15, -0.1) is 0 Å². The lowest BCUT2D eigenvalue weighted by atomic mass is 9.92. The van der Waals surface area contributed by atoms with Gasteiger partial charge in [-0.25, -0.2) is 0 Å². The van der Waals surface area contributed by atoms with E-state index in [2.05, 4.69) is 31.3 Å². The third-order valence-corrected chi connectivity index (χ3v) is 3.54. The lowest BCUT2D eigenvalue weighted by Gasteiger charge is -2.26. The Bertz CT molecular complexity index is 395. The second kappa shape index (κ2) is 8.82. The molecule has 0 aliphatic heterocycles. The van der Waals surface area contributed by atoms with Gasteiger partial charge in [0.15, 0.2) is 11.5 Å². The molecular weight excluding hydrogens is 254 g/mol. The van der Waals surface area contributed by atoms with Gasteiger partial charge in [0.25, 0.3) is 0 Å². The highest BCUT2D eigenvalue weighted by atomic mass is 16.5. The minimum atomic E-state index is 0.287. The SMILES string of the molecule is CCNC(c1ccc(OC)c(OC)c1)C(C)CCOC. The maximum atomic E-state index is 5.39. The summed E-state index contributed by atoms with van der Waals surface area (Å²) in [4.78, 5) is 0. The van der Waals surface area contributed by atoms with Gasteiger partial charge in [-0.3, -0.25) is 0 Å². The van der Waals surface area contributed by atoms with Gasteiger partial charge < -0.3 is 19.5 Å². The fraction of sp³-hybridized carbons (Fsp3) is 0.625. The summed E-state index contributed by atoms with van der Waals surface area (Å²) in [7, 11) is 5.06. The Hall–Kier alpha value is -1.26. The van der Waals surface area contributed by atoms with E-state index >= 15 is 0 Å². The Kier molecular flexibility index (Phi) is 7.41. The number of nitrogens with one attached hydrogen (secondary N) is 1.